The van der Waals surface area contributed by atoms with Crippen LogP contribution in [0.1, 0.15) is 70.1 Å². The molecular formula is C36H43NO5. The Labute approximate surface area is 250 Å². The minimum Gasteiger partial charge on any atom is -0.460 e. The number of esters is 1. The fraction of sp³-hybridized carbons (Fsp3) is 0.417. The number of hydrogen-bond donors (Lipinski definition) is 0. The number of carbonyl (C=O) groups excluding carboxylic acids is 3. The summed E-state index contributed by atoms with van der Waals surface area (Å²) in [7, 11) is 1.61. The van der Waals surface area contributed by atoms with E-state index in [1.165, 1.54) is 4.90 Å². The SMILES string of the molecule is CC(C)C[C@H](CC(=O)[C@H](Cc1ccccc1)N(C)C(=O)OCC1c2ccccc2-c2ccccc21)C(=O)OC(C)(C)C. The van der Waals surface area contributed by atoms with Gasteiger partial charge in [-0.25, -0.2) is 4.79 Å². The molecule has 3 aromatic rings. The maximum Gasteiger partial charge on any atom is 0.410 e. The number of benzene rings is 3. The highest BCUT2D eigenvalue weighted by atomic mass is 16.6. The molecule has 0 aromatic heterocycles. The lowest BCUT2D eigenvalue weighted by Crippen LogP contribution is -2.45. The van der Waals surface area contributed by atoms with E-state index in [0.717, 1.165) is 27.8 Å². The van der Waals surface area contributed by atoms with Gasteiger partial charge in [0.25, 0.3) is 0 Å². The van der Waals surface area contributed by atoms with Gasteiger partial charge in [-0.15, -0.1) is 0 Å². The molecule has 6 heteroatoms. The molecule has 6 nitrogen and oxygen atoms in total. The maximum absolute atomic E-state index is 13.9. The van der Waals surface area contributed by atoms with Gasteiger partial charge in [-0.3, -0.25) is 9.59 Å². The molecule has 0 radical (unpaired) electrons. The van der Waals surface area contributed by atoms with Crippen LogP contribution in [0, 0.1) is 11.8 Å². The number of rotatable bonds is 11. The van der Waals surface area contributed by atoms with Crippen molar-refractivity contribution in [3.8, 4) is 11.1 Å². The van der Waals surface area contributed by atoms with E-state index in [-0.39, 0.29) is 36.6 Å². The molecule has 0 saturated carbocycles. The molecule has 0 spiro atoms. The quantitative estimate of drug-likeness (QED) is 0.224. The number of nitrogens with zero attached hydrogens (tertiary/aromatic N) is 1. The molecule has 42 heavy (non-hydrogen) atoms. The van der Waals surface area contributed by atoms with Gasteiger partial charge in [0.15, 0.2) is 5.78 Å². The highest BCUT2D eigenvalue weighted by molar-refractivity contribution is 5.91. The van der Waals surface area contributed by atoms with Crippen molar-refractivity contribution in [1.82, 2.24) is 4.90 Å². The normalized spacial score (nSPS) is 14.1. The fourth-order valence-corrected chi connectivity index (χ4v) is 5.72. The predicted molar refractivity (Wildman–Crippen MR) is 165 cm³/mol. The van der Waals surface area contributed by atoms with E-state index in [0.29, 0.717) is 12.8 Å². The molecule has 1 aliphatic rings. The zero-order valence-electron chi connectivity index (χ0n) is 25.6. The van der Waals surface area contributed by atoms with Gasteiger partial charge in [0, 0.05) is 25.8 Å². The lowest BCUT2D eigenvalue weighted by molar-refractivity contribution is -0.162. The Bertz CT molecular complexity index is 1350. The summed E-state index contributed by atoms with van der Waals surface area (Å²) in [6, 6.07) is 25.2. The molecule has 1 aliphatic carbocycles. The van der Waals surface area contributed by atoms with Crippen LogP contribution in [0.3, 0.4) is 0 Å². The molecule has 1 amide bonds. The van der Waals surface area contributed by atoms with Crippen LogP contribution < -0.4 is 0 Å². The molecule has 222 valence electrons. The molecule has 0 fully saturated rings. The Morgan fingerprint density at radius 3 is 1.93 bits per heavy atom. The van der Waals surface area contributed by atoms with Crippen LogP contribution in [0.5, 0.6) is 0 Å². The Balaban J connectivity index is 1.52. The zero-order valence-corrected chi connectivity index (χ0v) is 25.6. The second-order valence-corrected chi connectivity index (χ2v) is 12.7. The van der Waals surface area contributed by atoms with Crippen LogP contribution in [-0.2, 0) is 25.5 Å². The number of ether oxygens (including phenoxy) is 2. The summed E-state index contributed by atoms with van der Waals surface area (Å²) in [6.07, 6.45) is 0.269. The van der Waals surface area contributed by atoms with E-state index in [4.69, 9.17) is 9.47 Å². The monoisotopic (exact) mass is 569 g/mol. The molecule has 0 aliphatic heterocycles. The molecule has 0 saturated heterocycles. The van der Waals surface area contributed by atoms with E-state index in [1.54, 1.807) is 7.05 Å². The average Bonchev–Trinajstić information content (AvgIpc) is 3.27. The summed E-state index contributed by atoms with van der Waals surface area (Å²) in [5.41, 5.74) is 4.82. The van der Waals surface area contributed by atoms with E-state index >= 15 is 0 Å². The van der Waals surface area contributed by atoms with Crippen molar-refractivity contribution < 1.29 is 23.9 Å². The summed E-state index contributed by atoms with van der Waals surface area (Å²) < 4.78 is 11.6. The van der Waals surface area contributed by atoms with Crippen molar-refractivity contribution in [2.45, 2.75) is 71.4 Å². The zero-order chi connectivity index (χ0) is 30.4. The summed E-state index contributed by atoms with van der Waals surface area (Å²) >= 11 is 0. The average molecular weight is 570 g/mol. The third kappa shape index (κ3) is 7.67. The Morgan fingerprint density at radius 1 is 0.833 bits per heavy atom. The lowest BCUT2D eigenvalue weighted by Gasteiger charge is -2.29. The van der Waals surface area contributed by atoms with Crippen molar-refractivity contribution in [3.63, 3.8) is 0 Å². The number of hydrogen-bond acceptors (Lipinski definition) is 5. The molecular weight excluding hydrogens is 526 g/mol. The maximum atomic E-state index is 13.9. The number of amides is 1. The minimum absolute atomic E-state index is 0.00834. The first-order chi connectivity index (χ1) is 19.9. The van der Waals surface area contributed by atoms with Gasteiger partial charge in [0.05, 0.1) is 12.0 Å². The smallest absolute Gasteiger partial charge is 0.410 e. The summed E-state index contributed by atoms with van der Waals surface area (Å²) in [6.45, 7) is 9.67. The van der Waals surface area contributed by atoms with Gasteiger partial charge in [0.2, 0.25) is 0 Å². The van der Waals surface area contributed by atoms with Crippen molar-refractivity contribution >= 4 is 17.8 Å². The second-order valence-electron chi connectivity index (χ2n) is 12.7. The van der Waals surface area contributed by atoms with Gasteiger partial charge in [-0.1, -0.05) is 92.7 Å². The lowest BCUT2D eigenvalue weighted by atomic mass is 9.88. The molecule has 0 bridgehead atoms. The first kappa shape index (κ1) is 31.0. The van der Waals surface area contributed by atoms with E-state index in [9.17, 15) is 14.4 Å². The number of ketones is 1. The highest BCUT2D eigenvalue weighted by Gasteiger charge is 2.35. The Kier molecular flexibility index (Phi) is 9.87. The minimum atomic E-state index is -0.792. The third-order valence-electron chi connectivity index (χ3n) is 7.68. The van der Waals surface area contributed by atoms with Gasteiger partial charge >= 0.3 is 12.1 Å². The van der Waals surface area contributed by atoms with Crippen LogP contribution in [0.15, 0.2) is 78.9 Å². The van der Waals surface area contributed by atoms with Crippen molar-refractivity contribution in [3.05, 3.63) is 95.6 Å². The summed E-state index contributed by atoms with van der Waals surface area (Å²) in [5, 5.41) is 0. The first-order valence-electron chi connectivity index (χ1n) is 14.8. The summed E-state index contributed by atoms with van der Waals surface area (Å²) in [5.74, 6) is -1.05. The Morgan fingerprint density at radius 2 is 1.38 bits per heavy atom. The number of fused-ring (bicyclic) bond motifs is 3. The topological polar surface area (TPSA) is 72.9 Å². The standard InChI is InChI=1S/C36H43NO5/c1-24(2)20-26(34(39)42-36(3,4)5)22-33(38)32(21-25-14-8-7-9-15-25)37(6)35(40)41-23-31-29-18-12-10-16-27(29)28-17-11-13-19-30(28)31/h7-19,24,26,31-32H,20-23H2,1-6H3/t26-,32+/m1/s1. The van der Waals surface area contributed by atoms with Gasteiger partial charge < -0.3 is 14.4 Å². The molecule has 0 unspecified atom stereocenters. The van der Waals surface area contributed by atoms with Crippen LogP contribution in [0.2, 0.25) is 0 Å². The Hall–Kier alpha value is -3.93. The van der Waals surface area contributed by atoms with Gasteiger partial charge in [-0.2, -0.15) is 0 Å². The van der Waals surface area contributed by atoms with Crippen molar-refractivity contribution in [2.75, 3.05) is 13.7 Å². The van der Waals surface area contributed by atoms with Crippen LogP contribution in [-0.4, -0.2) is 48.0 Å². The van der Waals surface area contributed by atoms with Crippen molar-refractivity contribution in [1.29, 1.82) is 0 Å². The van der Waals surface area contributed by atoms with Crippen LogP contribution in [0.4, 0.5) is 4.79 Å². The predicted octanol–water partition coefficient (Wildman–Crippen LogP) is 7.44. The van der Waals surface area contributed by atoms with E-state index < -0.39 is 23.7 Å². The molecule has 0 N–H and O–H groups in total. The van der Waals surface area contributed by atoms with Gasteiger partial charge in [0.1, 0.15) is 12.2 Å². The largest absolute Gasteiger partial charge is 0.460 e. The van der Waals surface area contributed by atoms with E-state index in [2.05, 4.69) is 24.3 Å². The molecule has 2 atom stereocenters. The number of likely N-dealkylation sites (N-methyl/N-ethyl adjacent to an activating group) is 1. The van der Waals surface area contributed by atoms with Crippen molar-refractivity contribution in [2.24, 2.45) is 11.8 Å². The number of carbonyl (C=O) groups is 3. The third-order valence-corrected chi connectivity index (χ3v) is 7.68. The van der Waals surface area contributed by atoms with Crippen LogP contribution in [0.25, 0.3) is 11.1 Å². The first-order valence-corrected chi connectivity index (χ1v) is 14.8. The second kappa shape index (κ2) is 13.4. The molecule has 4 rings (SSSR count). The molecule has 3 aromatic carbocycles. The summed E-state index contributed by atoms with van der Waals surface area (Å²) in [4.78, 5) is 41.9. The van der Waals surface area contributed by atoms with Crippen LogP contribution >= 0.6 is 0 Å². The highest BCUT2D eigenvalue weighted by Crippen LogP contribution is 2.44. The fourth-order valence-electron chi connectivity index (χ4n) is 5.72. The van der Waals surface area contributed by atoms with E-state index in [1.807, 2.05) is 89.2 Å². The number of Topliss-reactive ketones (excluding diaryl/α,β-unsaturated/α-hetero) is 1. The van der Waals surface area contributed by atoms with Gasteiger partial charge in [-0.05, 0) is 60.9 Å². The molecule has 0 heterocycles.